The fourth-order valence-electron chi connectivity index (χ4n) is 2.48. The Bertz CT molecular complexity index is 559. The number of rotatable bonds is 7. The number of piperazine rings is 1. The van der Waals surface area contributed by atoms with Gasteiger partial charge in [0.2, 0.25) is 11.8 Å². The minimum absolute atomic E-state index is 0.109. The van der Waals surface area contributed by atoms with Crippen molar-refractivity contribution in [1.29, 1.82) is 0 Å². The third-order valence-corrected chi connectivity index (χ3v) is 3.70. The van der Waals surface area contributed by atoms with Crippen LogP contribution in [-0.2, 0) is 20.7 Å². The van der Waals surface area contributed by atoms with Crippen molar-refractivity contribution in [2.24, 2.45) is 0 Å². The van der Waals surface area contributed by atoms with Crippen LogP contribution in [0, 0.1) is 0 Å². The summed E-state index contributed by atoms with van der Waals surface area (Å²) in [4.78, 5) is 24.3. The predicted octanol–water partition coefficient (Wildman–Crippen LogP) is 1.04. The van der Waals surface area contributed by atoms with E-state index in [0.29, 0.717) is 19.4 Å². The molecule has 2 rings (SSSR count). The molecule has 1 aliphatic heterocycles. The first-order chi connectivity index (χ1) is 11.0. The molecular formula is C17H24N2O4. The van der Waals surface area contributed by atoms with Crippen LogP contribution in [0.2, 0.25) is 0 Å². The van der Waals surface area contributed by atoms with E-state index in [2.05, 4.69) is 10.6 Å². The lowest BCUT2D eigenvalue weighted by atomic mass is 10.0. The molecule has 1 heterocycles. The highest BCUT2D eigenvalue weighted by Crippen LogP contribution is 2.15. The first-order valence-electron chi connectivity index (χ1n) is 7.85. The minimum Gasteiger partial charge on any atom is -0.497 e. The number of ether oxygens (including phenoxy) is 2. The second-order valence-electron chi connectivity index (χ2n) is 5.89. The Morgan fingerprint density at radius 2 is 1.83 bits per heavy atom. The Morgan fingerprint density at radius 1 is 1.13 bits per heavy atom. The van der Waals surface area contributed by atoms with Gasteiger partial charge in [0.25, 0.3) is 0 Å². The SMILES string of the molecule is COc1cccc(CC2NC(=O)C(CCOC(C)C)NC2=O)c1. The Hall–Kier alpha value is -2.08. The normalized spacial score (nSPS) is 21.0. The maximum absolute atomic E-state index is 12.2. The fraction of sp³-hybridized carbons (Fsp3) is 0.529. The third kappa shape index (κ3) is 4.96. The molecule has 0 radical (unpaired) electrons. The summed E-state index contributed by atoms with van der Waals surface area (Å²) in [7, 11) is 1.60. The van der Waals surface area contributed by atoms with Gasteiger partial charge < -0.3 is 20.1 Å². The molecule has 2 unspecified atom stereocenters. The van der Waals surface area contributed by atoms with Crippen LogP contribution in [0.5, 0.6) is 5.75 Å². The van der Waals surface area contributed by atoms with Crippen LogP contribution >= 0.6 is 0 Å². The lowest BCUT2D eigenvalue weighted by Gasteiger charge is -2.29. The summed E-state index contributed by atoms with van der Waals surface area (Å²) in [6, 6.07) is 6.39. The summed E-state index contributed by atoms with van der Waals surface area (Å²) in [5.41, 5.74) is 0.936. The van der Waals surface area contributed by atoms with Crippen molar-refractivity contribution < 1.29 is 19.1 Å². The van der Waals surface area contributed by atoms with Crippen LogP contribution < -0.4 is 15.4 Å². The Morgan fingerprint density at radius 3 is 2.52 bits per heavy atom. The van der Waals surface area contributed by atoms with E-state index in [1.807, 2.05) is 38.1 Å². The molecule has 0 aliphatic carbocycles. The Labute approximate surface area is 136 Å². The van der Waals surface area contributed by atoms with Crippen molar-refractivity contribution in [1.82, 2.24) is 10.6 Å². The first-order valence-corrected chi connectivity index (χ1v) is 7.85. The van der Waals surface area contributed by atoms with Gasteiger partial charge in [0.15, 0.2) is 0 Å². The average molecular weight is 320 g/mol. The summed E-state index contributed by atoms with van der Waals surface area (Å²) in [6.07, 6.45) is 1.02. The number of hydrogen-bond acceptors (Lipinski definition) is 4. The maximum Gasteiger partial charge on any atom is 0.243 e. The van der Waals surface area contributed by atoms with Crippen LogP contribution in [0.4, 0.5) is 0 Å². The summed E-state index contributed by atoms with van der Waals surface area (Å²) in [6.45, 7) is 4.31. The molecule has 1 aliphatic rings. The maximum atomic E-state index is 12.2. The van der Waals surface area contributed by atoms with E-state index in [-0.39, 0.29) is 17.9 Å². The number of nitrogens with one attached hydrogen (secondary N) is 2. The van der Waals surface area contributed by atoms with Crippen molar-refractivity contribution in [3.05, 3.63) is 29.8 Å². The zero-order valence-corrected chi connectivity index (χ0v) is 13.8. The first kappa shape index (κ1) is 17.3. The highest BCUT2D eigenvalue weighted by molar-refractivity contribution is 5.97. The van der Waals surface area contributed by atoms with Gasteiger partial charge in [-0.05, 0) is 38.0 Å². The summed E-state index contributed by atoms with van der Waals surface area (Å²) in [5, 5.41) is 5.57. The van der Waals surface area contributed by atoms with Crippen LogP contribution in [-0.4, -0.2) is 43.7 Å². The predicted molar refractivity (Wildman–Crippen MR) is 86.3 cm³/mol. The van der Waals surface area contributed by atoms with E-state index in [0.717, 1.165) is 11.3 Å². The van der Waals surface area contributed by atoms with Gasteiger partial charge in [0.05, 0.1) is 13.2 Å². The van der Waals surface area contributed by atoms with Gasteiger partial charge in [-0.3, -0.25) is 9.59 Å². The van der Waals surface area contributed by atoms with E-state index in [4.69, 9.17) is 9.47 Å². The molecule has 1 fully saturated rings. The number of methoxy groups -OCH3 is 1. The van der Waals surface area contributed by atoms with Crippen molar-refractivity contribution in [3.8, 4) is 5.75 Å². The van der Waals surface area contributed by atoms with Gasteiger partial charge in [-0.2, -0.15) is 0 Å². The van der Waals surface area contributed by atoms with Crippen LogP contribution in [0.25, 0.3) is 0 Å². The van der Waals surface area contributed by atoms with Crippen molar-refractivity contribution in [2.75, 3.05) is 13.7 Å². The topological polar surface area (TPSA) is 76.7 Å². The summed E-state index contributed by atoms with van der Waals surface area (Å²) >= 11 is 0. The molecule has 0 aromatic heterocycles. The molecule has 1 aromatic rings. The smallest absolute Gasteiger partial charge is 0.243 e. The third-order valence-electron chi connectivity index (χ3n) is 3.70. The Kier molecular flexibility index (Phi) is 5.98. The standard InChI is InChI=1S/C17H24N2O4/c1-11(2)23-8-7-14-16(20)19-15(17(21)18-14)10-12-5-4-6-13(9-12)22-3/h4-6,9,11,14-15H,7-8,10H2,1-3H3,(H,18,21)(H,19,20). The lowest BCUT2D eigenvalue weighted by molar-refractivity contribution is -0.137. The molecule has 1 aromatic carbocycles. The number of carbonyl (C=O) groups excluding carboxylic acids is 2. The highest BCUT2D eigenvalue weighted by atomic mass is 16.5. The van der Waals surface area contributed by atoms with Gasteiger partial charge in [-0.1, -0.05) is 12.1 Å². The highest BCUT2D eigenvalue weighted by Gasteiger charge is 2.33. The summed E-state index contributed by atoms with van der Waals surface area (Å²) < 4.78 is 10.6. The second-order valence-corrected chi connectivity index (χ2v) is 5.89. The Balaban J connectivity index is 1.91. The molecule has 2 atom stereocenters. The number of benzene rings is 1. The minimum atomic E-state index is -0.558. The molecule has 6 heteroatoms. The zero-order chi connectivity index (χ0) is 16.8. The number of hydrogen-bond donors (Lipinski definition) is 2. The molecule has 126 valence electrons. The van der Waals surface area contributed by atoms with Crippen molar-refractivity contribution in [2.45, 2.75) is 44.9 Å². The van der Waals surface area contributed by atoms with Crippen molar-refractivity contribution in [3.63, 3.8) is 0 Å². The van der Waals surface area contributed by atoms with Crippen molar-refractivity contribution >= 4 is 11.8 Å². The number of amides is 2. The monoisotopic (exact) mass is 320 g/mol. The fourth-order valence-corrected chi connectivity index (χ4v) is 2.48. The molecule has 0 saturated carbocycles. The molecule has 2 amide bonds. The van der Waals surface area contributed by atoms with E-state index in [1.165, 1.54) is 0 Å². The molecule has 2 N–H and O–H groups in total. The van der Waals surface area contributed by atoms with Gasteiger partial charge in [0, 0.05) is 13.0 Å². The zero-order valence-electron chi connectivity index (χ0n) is 13.8. The molecule has 6 nitrogen and oxygen atoms in total. The van der Waals surface area contributed by atoms with Crippen LogP contribution in [0.3, 0.4) is 0 Å². The number of carbonyl (C=O) groups is 2. The molecular weight excluding hydrogens is 296 g/mol. The average Bonchev–Trinajstić information content (AvgIpc) is 2.51. The van der Waals surface area contributed by atoms with Crippen LogP contribution in [0.15, 0.2) is 24.3 Å². The van der Waals surface area contributed by atoms with Gasteiger partial charge in [-0.25, -0.2) is 0 Å². The largest absolute Gasteiger partial charge is 0.497 e. The van der Waals surface area contributed by atoms with Gasteiger partial charge in [-0.15, -0.1) is 0 Å². The van der Waals surface area contributed by atoms with Crippen LogP contribution in [0.1, 0.15) is 25.8 Å². The summed E-state index contributed by atoms with van der Waals surface area (Å²) in [5.74, 6) is 0.403. The quantitative estimate of drug-likeness (QED) is 0.787. The molecule has 0 spiro atoms. The molecule has 1 saturated heterocycles. The van der Waals surface area contributed by atoms with Gasteiger partial charge in [0.1, 0.15) is 17.8 Å². The van der Waals surface area contributed by atoms with E-state index >= 15 is 0 Å². The lowest BCUT2D eigenvalue weighted by Crippen LogP contribution is -2.62. The molecule has 0 bridgehead atoms. The van der Waals surface area contributed by atoms with Gasteiger partial charge >= 0.3 is 0 Å². The van der Waals surface area contributed by atoms with E-state index in [9.17, 15) is 9.59 Å². The van der Waals surface area contributed by atoms with E-state index < -0.39 is 12.1 Å². The molecule has 23 heavy (non-hydrogen) atoms. The second kappa shape index (κ2) is 7.97. The van der Waals surface area contributed by atoms with E-state index in [1.54, 1.807) is 7.11 Å².